The number of aromatic nitrogens is 2. The van der Waals surface area contributed by atoms with Gasteiger partial charge in [-0.3, -0.25) is 0 Å². The lowest BCUT2D eigenvalue weighted by molar-refractivity contribution is 0.197. The normalized spacial score (nSPS) is 17.9. The third-order valence-electron chi connectivity index (χ3n) is 3.97. The van der Waals surface area contributed by atoms with Crippen molar-refractivity contribution in [1.82, 2.24) is 14.3 Å². The Hall–Kier alpha value is -2.10. The molecule has 0 bridgehead atoms. The number of hydrogen-bond donors (Lipinski definition) is 0. The van der Waals surface area contributed by atoms with Crippen molar-refractivity contribution < 1.29 is 22.6 Å². The quantitative estimate of drug-likeness (QED) is 0.733. The summed E-state index contributed by atoms with van der Waals surface area (Å²) in [4.78, 5) is 7.99. The first-order valence-corrected chi connectivity index (χ1v) is 9.62. The minimum atomic E-state index is -3.76. The molecule has 1 aliphatic heterocycles. The Balaban J connectivity index is 1.78. The van der Waals surface area contributed by atoms with Gasteiger partial charge >= 0.3 is 6.01 Å². The Kier molecular flexibility index (Phi) is 5.49. The summed E-state index contributed by atoms with van der Waals surface area (Å²) in [5.74, 6) is 0.696. The zero-order chi connectivity index (χ0) is 18.7. The molecular formula is C16H18ClN3O5S. The summed E-state index contributed by atoms with van der Waals surface area (Å²) in [5, 5.41) is 0.401. The minimum absolute atomic E-state index is 0.0581. The molecule has 8 nitrogen and oxygen atoms in total. The number of sulfonamides is 1. The second-order valence-electron chi connectivity index (χ2n) is 5.59. The van der Waals surface area contributed by atoms with E-state index < -0.39 is 10.0 Å². The molecule has 1 atom stereocenters. The largest absolute Gasteiger partial charge is 0.497 e. The Morgan fingerprint density at radius 2 is 1.92 bits per heavy atom. The lowest BCUT2D eigenvalue weighted by atomic mass is 10.3. The van der Waals surface area contributed by atoms with Gasteiger partial charge in [0, 0.05) is 12.6 Å². The van der Waals surface area contributed by atoms with Gasteiger partial charge in [0.1, 0.15) is 22.5 Å². The van der Waals surface area contributed by atoms with E-state index in [9.17, 15) is 8.42 Å². The number of hydrogen-bond acceptors (Lipinski definition) is 7. The molecule has 140 valence electrons. The maximum atomic E-state index is 13.0. The molecule has 0 radical (unpaired) electrons. The molecule has 26 heavy (non-hydrogen) atoms. The molecule has 2 heterocycles. The van der Waals surface area contributed by atoms with Crippen molar-refractivity contribution in [2.75, 3.05) is 27.3 Å². The zero-order valence-electron chi connectivity index (χ0n) is 14.3. The van der Waals surface area contributed by atoms with Gasteiger partial charge in [-0.15, -0.1) is 0 Å². The summed E-state index contributed by atoms with van der Waals surface area (Å²) in [6, 6.07) is 4.82. The van der Waals surface area contributed by atoms with Crippen molar-refractivity contribution in [1.29, 1.82) is 0 Å². The molecule has 2 aromatic rings. The van der Waals surface area contributed by atoms with Gasteiger partial charge in [0.25, 0.3) is 0 Å². The second-order valence-corrected chi connectivity index (χ2v) is 7.94. The Labute approximate surface area is 156 Å². The third kappa shape index (κ3) is 3.84. The first kappa shape index (κ1) is 18.7. The fourth-order valence-corrected chi connectivity index (χ4v) is 4.40. The first-order chi connectivity index (χ1) is 12.4. The molecule has 1 aliphatic rings. The number of nitrogens with zero attached hydrogens (tertiary/aromatic N) is 3. The van der Waals surface area contributed by atoms with Crippen molar-refractivity contribution in [2.24, 2.45) is 0 Å². The average molecular weight is 400 g/mol. The molecule has 0 unspecified atom stereocenters. The summed E-state index contributed by atoms with van der Waals surface area (Å²) >= 11 is 5.74. The van der Waals surface area contributed by atoms with E-state index in [2.05, 4.69) is 9.97 Å². The van der Waals surface area contributed by atoms with E-state index >= 15 is 0 Å². The van der Waals surface area contributed by atoms with Gasteiger partial charge in [0.15, 0.2) is 0 Å². The Bertz CT molecular complexity index is 876. The van der Waals surface area contributed by atoms with Crippen molar-refractivity contribution in [3.8, 4) is 17.5 Å². The summed E-state index contributed by atoms with van der Waals surface area (Å²) in [6.45, 7) is 0.510. The van der Waals surface area contributed by atoms with Crippen LogP contribution in [0.25, 0.3) is 0 Å². The van der Waals surface area contributed by atoms with Crippen molar-refractivity contribution >= 4 is 21.6 Å². The average Bonchev–Trinajstić information content (AvgIpc) is 3.12. The number of benzene rings is 1. The topological polar surface area (TPSA) is 90.9 Å². The van der Waals surface area contributed by atoms with Gasteiger partial charge in [-0.1, -0.05) is 11.6 Å². The number of methoxy groups -OCH3 is 2. The van der Waals surface area contributed by atoms with E-state index in [0.717, 1.165) is 0 Å². The van der Waals surface area contributed by atoms with Gasteiger partial charge in [0.2, 0.25) is 10.0 Å². The van der Waals surface area contributed by atoms with Crippen molar-refractivity contribution in [2.45, 2.75) is 17.4 Å². The van der Waals surface area contributed by atoms with Crippen LogP contribution in [0.5, 0.6) is 17.5 Å². The fraction of sp³-hybridized carbons (Fsp3) is 0.375. The van der Waals surface area contributed by atoms with Gasteiger partial charge in [-0.25, -0.2) is 18.4 Å². The van der Waals surface area contributed by atoms with Crippen LogP contribution in [0.2, 0.25) is 5.02 Å². The Morgan fingerprint density at radius 1 is 1.19 bits per heavy atom. The van der Waals surface area contributed by atoms with Crippen LogP contribution in [-0.4, -0.2) is 56.1 Å². The smallest absolute Gasteiger partial charge is 0.316 e. The molecule has 1 aromatic carbocycles. The van der Waals surface area contributed by atoms with Gasteiger partial charge in [-0.05, 0) is 18.6 Å². The summed E-state index contributed by atoms with van der Waals surface area (Å²) in [6.07, 6.45) is 3.03. The predicted octanol–water partition coefficient (Wildman–Crippen LogP) is 1.99. The molecule has 0 amide bonds. The summed E-state index contributed by atoms with van der Waals surface area (Å²) in [5.41, 5.74) is 0. The molecule has 0 N–H and O–H groups in total. The monoisotopic (exact) mass is 399 g/mol. The standard InChI is InChI=1S/C16H18ClN3O5S/c1-23-12-3-4-14(24-2)15(7-12)26(21,22)20-6-5-13(10-20)25-16-18-8-11(17)9-19-16/h3-4,7-9,13H,5-6,10H2,1-2H3/t13-/m1/s1. The summed E-state index contributed by atoms with van der Waals surface area (Å²) < 4.78 is 43.4. The number of rotatable bonds is 6. The molecule has 1 saturated heterocycles. The highest BCUT2D eigenvalue weighted by atomic mass is 35.5. The highest BCUT2D eigenvalue weighted by Crippen LogP contribution is 2.32. The van der Waals surface area contributed by atoms with Crippen LogP contribution in [0.4, 0.5) is 0 Å². The van der Waals surface area contributed by atoms with Crippen LogP contribution < -0.4 is 14.2 Å². The lowest BCUT2D eigenvalue weighted by Crippen LogP contribution is -2.31. The molecule has 10 heteroatoms. The molecule has 0 saturated carbocycles. The predicted molar refractivity (Wildman–Crippen MR) is 94.4 cm³/mol. The van der Waals surface area contributed by atoms with Crippen molar-refractivity contribution in [3.63, 3.8) is 0 Å². The molecule has 1 fully saturated rings. The second kappa shape index (κ2) is 7.65. The maximum absolute atomic E-state index is 13.0. The highest BCUT2D eigenvalue weighted by Gasteiger charge is 2.36. The van der Waals surface area contributed by atoms with Gasteiger partial charge in [0.05, 0.1) is 38.2 Å². The van der Waals surface area contributed by atoms with Crippen LogP contribution >= 0.6 is 11.6 Å². The van der Waals surface area contributed by atoms with Gasteiger partial charge < -0.3 is 14.2 Å². The molecule has 0 aliphatic carbocycles. The minimum Gasteiger partial charge on any atom is -0.497 e. The highest BCUT2D eigenvalue weighted by molar-refractivity contribution is 7.89. The van der Waals surface area contributed by atoms with E-state index in [1.165, 1.54) is 37.0 Å². The van der Waals surface area contributed by atoms with Crippen LogP contribution in [0, 0.1) is 0 Å². The fourth-order valence-electron chi connectivity index (χ4n) is 2.65. The SMILES string of the molecule is COc1ccc(OC)c(S(=O)(=O)N2CC[C@@H](Oc3ncc(Cl)cn3)C2)c1. The van der Waals surface area contributed by atoms with Crippen LogP contribution in [0.1, 0.15) is 6.42 Å². The Morgan fingerprint density at radius 3 is 2.58 bits per heavy atom. The first-order valence-electron chi connectivity index (χ1n) is 7.80. The third-order valence-corrected chi connectivity index (χ3v) is 6.05. The van der Waals surface area contributed by atoms with Gasteiger partial charge in [-0.2, -0.15) is 4.31 Å². The number of ether oxygens (including phenoxy) is 3. The molecule has 3 rings (SSSR count). The van der Waals surface area contributed by atoms with E-state index in [-0.39, 0.29) is 29.3 Å². The number of halogens is 1. The lowest BCUT2D eigenvalue weighted by Gasteiger charge is -2.19. The van der Waals surface area contributed by atoms with Crippen molar-refractivity contribution in [3.05, 3.63) is 35.6 Å². The molecular weight excluding hydrogens is 382 g/mol. The molecule has 0 spiro atoms. The van der Waals surface area contributed by atoms with Crippen LogP contribution in [-0.2, 0) is 10.0 Å². The summed E-state index contributed by atoms with van der Waals surface area (Å²) in [7, 11) is -0.858. The van der Waals surface area contributed by atoms with E-state index in [0.29, 0.717) is 23.7 Å². The maximum Gasteiger partial charge on any atom is 0.316 e. The van der Waals surface area contributed by atoms with E-state index in [1.54, 1.807) is 12.1 Å². The van der Waals surface area contributed by atoms with E-state index in [1.807, 2.05) is 0 Å². The zero-order valence-corrected chi connectivity index (χ0v) is 15.8. The van der Waals surface area contributed by atoms with E-state index in [4.69, 9.17) is 25.8 Å². The molecule has 1 aromatic heterocycles. The van der Waals surface area contributed by atoms with Crippen LogP contribution in [0.3, 0.4) is 0 Å². The van der Waals surface area contributed by atoms with Crippen LogP contribution in [0.15, 0.2) is 35.5 Å².